The van der Waals surface area contributed by atoms with Crippen LogP contribution in [0.4, 0.5) is 14.5 Å². The number of nitrogens with one attached hydrogen (secondary N) is 1. The summed E-state index contributed by atoms with van der Waals surface area (Å²) in [4.78, 5) is 22.9. The lowest BCUT2D eigenvalue weighted by Gasteiger charge is -2.09. The number of carbonyl (C=O) groups is 2. The Morgan fingerprint density at radius 1 is 1.17 bits per heavy atom. The quantitative estimate of drug-likeness (QED) is 0.842. The molecule has 0 aromatic heterocycles. The summed E-state index contributed by atoms with van der Waals surface area (Å²) < 4.78 is 31.6. The van der Waals surface area contributed by atoms with Crippen LogP contribution >= 0.6 is 11.6 Å². The number of hydrogen-bond acceptors (Lipinski definition) is 3. The first-order valence-corrected chi connectivity index (χ1v) is 6.93. The van der Waals surface area contributed by atoms with Crippen LogP contribution in [-0.4, -0.2) is 18.3 Å². The van der Waals surface area contributed by atoms with Gasteiger partial charge >= 0.3 is 0 Å². The fraction of sp³-hybridized carbons (Fsp3) is 0.125. The summed E-state index contributed by atoms with van der Waals surface area (Å²) in [7, 11) is 0. The van der Waals surface area contributed by atoms with Crippen molar-refractivity contribution in [3.05, 3.63) is 58.6 Å². The molecule has 2 aromatic carbocycles. The van der Waals surface area contributed by atoms with Gasteiger partial charge in [0.15, 0.2) is 12.4 Å². The molecule has 1 amide bonds. The number of ether oxygens (including phenoxy) is 1. The van der Waals surface area contributed by atoms with Crippen LogP contribution in [-0.2, 0) is 4.79 Å². The third kappa shape index (κ3) is 4.50. The Bertz CT molecular complexity index is 765. The van der Waals surface area contributed by atoms with Crippen molar-refractivity contribution in [1.82, 2.24) is 0 Å². The molecule has 0 bridgehead atoms. The van der Waals surface area contributed by atoms with Crippen molar-refractivity contribution in [3.8, 4) is 5.75 Å². The molecule has 0 aliphatic carbocycles. The van der Waals surface area contributed by atoms with Crippen molar-refractivity contribution in [2.75, 3.05) is 11.9 Å². The Morgan fingerprint density at radius 3 is 2.52 bits per heavy atom. The van der Waals surface area contributed by atoms with E-state index in [1.54, 1.807) is 0 Å². The molecular formula is C16H12ClF2NO3. The summed E-state index contributed by atoms with van der Waals surface area (Å²) in [6, 6.07) is 7.22. The van der Waals surface area contributed by atoms with E-state index in [4.69, 9.17) is 16.3 Å². The number of ketones is 1. The molecule has 0 saturated heterocycles. The van der Waals surface area contributed by atoms with Crippen LogP contribution in [0.5, 0.6) is 5.75 Å². The minimum atomic E-state index is -0.725. The molecule has 7 heteroatoms. The second-order valence-corrected chi connectivity index (χ2v) is 5.07. The summed E-state index contributed by atoms with van der Waals surface area (Å²) in [5.74, 6) is -2.09. The van der Waals surface area contributed by atoms with Gasteiger partial charge in [0.25, 0.3) is 5.91 Å². The number of carbonyl (C=O) groups excluding carboxylic acids is 2. The number of rotatable bonds is 5. The number of Topliss-reactive ketones (excluding diaryl/α,β-unsaturated/α-hetero) is 1. The normalized spacial score (nSPS) is 10.3. The Balaban J connectivity index is 1.96. The van der Waals surface area contributed by atoms with Crippen LogP contribution in [0.2, 0.25) is 5.02 Å². The monoisotopic (exact) mass is 339 g/mol. The first-order chi connectivity index (χ1) is 10.9. The molecule has 1 N–H and O–H groups in total. The maximum absolute atomic E-state index is 13.6. The summed E-state index contributed by atoms with van der Waals surface area (Å²) in [5, 5.41) is 2.49. The number of hydrogen-bond donors (Lipinski definition) is 1. The number of halogens is 3. The van der Waals surface area contributed by atoms with E-state index in [0.717, 1.165) is 18.2 Å². The molecule has 0 unspecified atom stereocenters. The van der Waals surface area contributed by atoms with Crippen molar-refractivity contribution in [1.29, 1.82) is 0 Å². The fourth-order valence-corrected chi connectivity index (χ4v) is 2.01. The average molecular weight is 340 g/mol. The van der Waals surface area contributed by atoms with E-state index in [0.29, 0.717) is 0 Å². The zero-order valence-electron chi connectivity index (χ0n) is 12.0. The van der Waals surface area contributed by atoms with Gasteiger partial charge in [0.05, 0.1) is 16.3 Å². The van der Waals surface area contributed by atoms with Gasteiger partial charge in [-0.05, 0) is 37.3 Å². The fourth-order valence-electron chi connectivity index (χ4n) is 1.80. The minimum Gasteiger partial charge on any atom is -0.484 e. The summed E-state index contributed by atoms with van der Waals surface area (Å²) in [6.45, 7) is 0.853. The van der Waals surface area contributed by atoms with Crippen molar-refractivity contribution in [3.63, 3.8) is 0 Å². The van der Waals surface area contributed by atoms with E-state index in [2.05, 4.69) is 5.32 Å². The van der Waals surface area contributed by atoms with Gasteiger partial charge in [-0.2, -0.15) is 0 Å². The standard InChI is InChI=1S/C16H12ClF2NO3/c1-9(21)12-4-3-11(7-14(12)19)23-8-16(22)20-15-5-2-10(18)6-13(15)17/h2-7H,8H2,1H3,(H,20,22). The Morgan fingerprint density at radius 2 is 1.91 bits per heavy atom. The van der Waals surface area contributed by atoms with Crippen LogP contribution in [0, 0.1) is 11.6 Å². The highest BCUT2D eigenvalue weighted by Crippen LogP contribution is 2.22. The molecule has 0 aliphatic heterocycles. The van der Waals surface area contributed by atoms with Gasteiger partial charge in [0, 0.05) is 6.07 Å². The Kier molecular flexibility index (Phi) is 5.28. The highest BCUT2D eigenvalue weighted by Gasteiger charge is 2.11. The number of benzene rings is 2. The van der Waals surface area contributed by atoms with Gasteiger partial charge < -0.3 is 10.1 Å². The van der Waals surface area contributed by atoms with E-state index >= 15 is 0 Å². The van der Waals surface area contributed by atoms with Crippen molar-refractivity contribution in [2.45, 2.75) is 6.92 Å². The maximum atomic E-state index is 13.6. The molecule has 0 radical (unpaired) electrons. The van der Waals surface area contributed by atoms with Crippen molar-refractivity contribution in [2.24, 2.45) is 0 Å². The minimum absolute atomic E-state index is 0.0511. The molecule has 2 aromatic rings. The van der Waals surface area contributed by atoms with E-state index in [-0.39, 0.29) is 22.0 Å². The topological polar surface area (TPSA) is 55.4 Å². The lowest BCUT2D eigenvalue weighted by molar-refractivity contribution is -0.118. The Hall–Kier alpha value is -2.47. The van der Waals surface area contributed by atoms with Gasteiger partial charge in [-0.1, -0.05) is 11.6 Å². The molecule has 23 heavy (non-hydrogen) atoms. The van der Waals surface area contributed by atoms with Gasteiger partial charge in [0.1, 0.15) is 17.4 Å². The predicted molar refractivity (Wildman–Crippen MR) is 81.9 cm³/mol. The molecule has 0 aliphatic rings. The first-order valence-electron chi connectivity index (χ1n) is 6.55. The summed E-state index contributed by atoms with van der Waals surface area (Å²) in [5.41, 5.74) is 0.180. The van der Waals surface area contributed by atoms with E-state index in [1.807, 2.05) is 0 Å². The third-order valence-corrected chi connectivity index (χ3v) is 3.21. The molecule has 2 rings (SSSR count). The zero-order chi connectivity index (χ0) is 17.0. The van der Waals surface area contributed by atoms with Crippen LogP contribution in [0.3, 0.4) is 0 Å². The zero-order valence-corrected chi connectivity index (χ0v) is 12.8. The highest BCUT2D eigenvalue weighted by atomic mass is 35.5. The molecule has 0 atom stereocenters. The Labute approximate surface area is 136 Å². The average Bonchev–Trinajstić information content (AvgIpc) is 2.48. The van der Waals surface area contributed by atoms with E-state index in [1.165, 1.54) is 25.1 Å². The molecule has 0 heterocycles. The van der Waals surface area contributed by atoms with Crippen LogP contribution < -0.4 is 10.1 Å². The van der Waals surface area contributed by atoms with Crippen LogP contribution in [0.1, 0.15) is 17.3 Å². The van der Waals surface area contributed by atoms with Gasteiger partial charge in [0.2, 0.25) is 0 Å². The van der Waals surface area contributed by atoms with Gasteiger partial charge in [-0.25, -0.2) is 8.78 Å². The molecule has 0 fully saturated rings. The lowest BCUT2D eigenvalue weighted by Crippen LogP contribution is -2.20. The molecule has 120 valence electrons. The number of amides is 1. The van der Waals surface area contributed by atoms with Crippen LogP contribution in [0.15, 0.2) is 36.4 Å². The molecule has 0 spiro atoms. The second-order valence-electron chi connectivity index (χ2n) is 4.66. The lowest BCUT2D eigenvalue weighted by atomic mass is 10.1. The van der Waals surface area contributed by atoms with Gasteiger partial charge in [-0.15, -0.1) is 0 Å². The second kappa shape index (κ2) is 7.19. The SMILES string of the molecule is CC(=O)c1ccc(OCC(=O)Nc2ccc(F)cc2Cl)cc1F. The molecule has 4 nitrogen and oxygen atoms in total. The summed E-state index contributed by atoms with van der Waals surface area (Å²) in [6.07, 6.45) is 0. The number of anilines is 1. The predicted octanol–water partition coefficient (Wildman–Crippen LogP) is 3.84. The summed E-state index contributed by atoms with van der Waals surface area (Å²) >= 11 is 5.78. The van der Waals surface area contributed by atoms with Crippen molar-refractivity contribution < 1.29 is 23.1 Å². The van der Waals surface area contributed by atoms with E-state index < -0.39 is 29.9 Å². The van der Waals surface area contributed by atoms with Crippen LogP contribution in [0.25, 0.3) is 0 Å². The highest BCUT2D eigenvalue weighted by molar-refractivity contribution is 6.33. The molecule has 0 saturated carbocycles. The smallest absolute Gasteiger partial charge is 0.262 e. The maximum Gasteiger partial charge on any atom is 0.262 e. The van der Waals surface area contributed by atoms with Gasteiger partial charge in [-0.3, -0.25) is 9.59 Å². The van der Waals surface area contributed by atoms with E-state index in [9.17, 15) is 18.4 Å². The first kappa shape index (κ1) is 16.9. The third-order valence-electron chi connectivity index (χ3n) is 2.89. The van der Waals surface area contributed by atoms with Crippen molar-refractivity contribution >= 4 is 29.0 Å². The largest absolute Gasteiger partial charge is 0.484 e. The molecular weight excluding hydrogens is 328 g/mol.